The van der Waals surface area contributed by atoms with Crippen LogP contribution in [0.1, 0.15) is 16.8 Å². The number of benzene rings is 1. The SMILES string of the molecule is CN(CCC#N)c1cccc(Cl)c1C(=O)O. The van der Waals surface area contributed by atoms with Gasteiger partial charge in [0.15, 0.2) is 0 Å². The maximum atomic E-state index is 11.0. The lowest BCUT2D eigenvalue weighted by atomic mass is 10.1. The number of aromatic carboxylic acids is 1. The predicted octanol–water partition coefficient (Wildman–Crippen LogP) is 2.39. The van der Waals surface area contributed by atoms with Gasteiger partial charge in [-0.1, -0.05) is 17.7 Å². The van der Waals surface area contributed by atoms with E-state index in [1.807, 2.05) is 6.07 Å². The number of hydrogen-bond donors (Lipinski definition) is 1. The van der Waals surface area contributed by atoms with Gasteiger partial charge < -0.3 is 10.0 Å². The zero-order valence-electron chi connectivity index (χ0n) is 8.77. The Kier molecular flexibility index (Phi) is 4.15. The van der Waals surface area contributed by atoms with E-state index in [0.29, 0.717) is 18.7 Å². The van der Waals surface area contributed by atoms with Crippen LogP contribution < -0.4 is 4.90 Å². The quantitative estimate of drug-likeness (QED) is 0.875. The van der Waals surface area contributed by atoms with Crippen LogP contribution in [0.4, 0.5) is 5.69 Å². The van der Waals surface area contributed by atoms with Gasteiger partial charge in [-0.25, -0.2) is 4.79 Å². The van der Waals surface area contributed by atoms with Gasteiger partial charge in [-0.3, -0.25) is 0 Å². The molecular formula is C11H11ClN2O2. The van der Waals surface area contributed by atoms with Crippen molar-refractivity contribution >= 4 is 23.3 Å². The van der Waals surface area contributed by atoms with Crippen LogP contribution in [-0.4, -0.2) is 24.7 Å². The van der Waals surface area contributed by atoms with Crippen molar-refractivity contribution in [2.24, 2.45) is 0 Å². The molecule has 1 rings (SSSR count). The molecule has 1 aromatic carbocycles. The third-order valence-corrected chi connectivity index (χ3v) is 2.49. The van der Waals surface area contributed by atoms with Crippen LogP contribution in [0.2, 0.25) is 5.02 Å². The van der Waals surface area contributed by atoms with Crippen LogP contribution in [0.15, 0.2) is 18.2 Å². The van der Waals surface area contributed by atoms with Gasteiger partial charge >= 0.3 is 5.97 Å². The van der Waals surface area contributed by atoms with Crippen molar-refractivity contribution in [1.82, 2.24) is 0 Å². The van der Waals surface area contributed by atoms with Gasteiger partial charge in [0, 0.05) is 13.6 Å². The predicted molar refractivity (Wildman–Crippen MR) is 61.9 cm³/mol. The Morgan fingerprint density at radius 1 is 1.62 bits per heavy atom. The summed E-state index contributed by atoms with van der Waals surface area (Å²) in [6, 6.07) is 6.90. The Morgan fingerprint density at radius 3 is 2.88 bits per heavy atom. The summed E-state index contributed by atoms with van der Waals surface area (Å²) in [6.07, 6.45) is 0.335. The molecule has 0 aliphatic rings. The summed E-state index contributed by atoms with van der Waals surface area (Å²) in [5, 5.41) is 17.7. The molecule has 0 fully saturated rings. The third-order valence-electron chi connectivity index (χ3n) is 2.18. The van der Waals surface area contributed by atoms with Crippen LogP contribution in [0.5, 0.6) is 0 Å². The van der Waals surface area contributed by atoms with Crippen molar-refractivity contribution in [1.29, 1.82) is 5.26 Å². The smallest absolute Gasteiger partial charge is 0.339 e. The van der Waals surface area contributed by atoms with Crippen molar-refractivity contribution in [3.8, 4) is 6.07 Å². The maximum Gasteiger partial charge on any atom is 0.339 e. The Hall–Kier alpha value is -1.73. The zero-order valence-corrected chi connectivity index (χ0v) is 9.53. The maximum absolute atomic E-state index is 11.0. The molecule has 0 amide bonds. The van der Waals surface area contributed by atoms with Gasteiger partial charge in [-0.15, -0.1) is 0 Å². The van der Waals surface area contributed by atoms with Crippen molar-refractivity contribution in [2.75, 3.05) is 18.5 Å². The molecular weight excluding hydrogens is 228 g/mol. The van der Waals surface area contributed by atoms with Crippen molar-refractivity contribution in [2.45, 2.75) is 6.42 Å². The molecule has 0 saturated heterocycles. The van der Waals surface area contributed by atoms with Gasteiger partial charge in [0.25, 0.3) is 0 Å². The summed E-state index contributed by atoms with van der Waals surface area (Å²) in [4.78, 5) is 12.8. The highest BCUT2D eigenvalue weighted by Crippen LogP contribution is 2.26. The van der Waals surface area contributed by atoms with E-state index < -0.39 is 5.97 Å². The lowest BCUT2D eigenvalue weighted by Gasteiger charge is -2.20. The number of rotatable bonds is 4. The molecule has 0 aliphatic carbocycles. The number of anilines is 1. The topological polar surface area (TPSA) is 64.3 Å². The number of nitrogens with zero attached hydrogens (tertiary/aromatic N) is 2. The lowest BCUT2D eigenvalue weighted by molar-refractivity contribution is 0.0698. The highest BCUT2D eigenvalue weighted by atomic mass is 35.5. The molecule has 0 radical (unpaired) electrons. The average Bonchev–Trinajstić information content (AvgIpc) is 2.24. The minimum absolute atomic E-state index is 0.0737. The van der Waals surface area contributed by atoms with Crippen LogP contribution in [0.3, 0.4) is 0 Å². The number of hydrogen-bond acceptors (Lipinski definition) is 3. The molecule has 0 heterocycles. The van der Waals surface area contributed by atoms with Crippen molar-refractivity contribution in [3.63, 3.8) is 0 Å². The first kappa shape index (κ1) is 12.3. The van der Waals surface area contributed by atoms with E-state index in [2.05, 4.69) is 0 Å². The lowest BCUT2D eigenvalue weighted by Crippen LogP contribution is -2.21. The fraction of sp³-hybridized carbons (Fsp3) is 0.273. The fourth-order valence-corrected chi connectivity index (χ4v) is 1.63. The number of nitriles is 1. The minimum Gasteiger partial charge on any atom is -0.478 e. The van der Waals surface area contributed by atoms with E-state index in [9.17, 15) is 4.79 Å². The summed E-state index contributed by atoms with van der Waals surface area (Å²) < 4.78 is 0. The highest BCUT2D eigenvalue weighted by molar-refractivity contribution is 6.34. The van der Waals surface area contributed by atoms with E-state index in [1.54, 1.807) is 24.1 Å². The normalized spacial score (nSPS) is 9.56. The van der Waals surface area contributed by atoms with Crippen molar-refractivity contribution in [3.05, 3.63) is 28.8 Å². The summed E-state index contributed by atoms with van der Waals surface area (Å²) in [5.41, 5.74) is 0.597. The standard InChI is InChI=1S/C11H11ClN2O2/c1-14(7-3-6-13)9-5-2-4-8(12)10(9)11(15)16/h2,4-5H,3,7H2,1H3,(H,15,16). The zero-order chi connectivity index (χ0) is 12.1. The molecule has 16 heavy (non-hydrogen) atoms. The van der Waals surface area contributed by atoms with Crippen LogP contribution in [-0.2, 0) is 0 Å². The molecule has 0 spiro atoms. The second-order valence-electron chi connectivity index (χ2n) is 3.27. The van der Waals surface area contributed by atoms with E-state index >= 15 is 0 Å². The molecule has 0 saturated carbocycles. The first-order valence-electron chi connectivity index (χ1n) is 4.67. The van der Waals surface area contributed by atoms with Crippen LogP contribution >= 0.6 is 11.6 Å². The van der Waals surface area contributed by atoms with Crippen LogP contribution in [0, 0.1) is 11.3 Å². The highest BCUT2D eigenvalue weighted by Gasteiger charge is 2.16. The van der Waals surface area contributed by atoms with E-state index in [1.165, 1.54) is 6.07 Å². The van der Waals surface area contributed by atoms with E-state index in [-0.39, 0.29) is 10.6 Å². The molecule has 5 heteroatoms. The van der Waals surface area contributed by atoms with Gasteiger partial charge in [-0.2, -0.15) is 5.26 Å². The van der Waals surface area contributed by atoms with Gasteiger partial charge in [-0.05, 0) is 12.1 Å². The van der Waals surface area contributed by atoms with E-state index in [4.69, 9.17) is 22.0 Å². The fourth-order valence-electron chi connectivity index (χ4n) is 1.38. The monoisotopic (exact) mass is 238 g/mol. The first-order valence-corrected chi connectivity index (χ1v) is 5.05. The molecule has 84 valence electrons. The number of halogens is 1. The number of carbonyl (C=O) groups is 1. The molecule has 0 aromatic heterocycles. The average molecular weight is 239 g/mol. The summed E-state index contributed by atoms with van der Waals surface area (Å²) in [7, 11) is 1.73. The number of carboxylic acids is 1. The first-order chi connectivity index (χ1) is 7.57. The molecule has 1 aromatic rings. The third kappa shape index (κ3) is 2.65. The Morgan fingerprint density at radius 2 is 2.31 bits per heavy atom. The van der Waals surface area contributed by atoms with Crippen molar-refractivity contribution < 1.29 is 9.90 Å². The molecule has 1 N–H and O–H groups in total. The summed E-state index contributed by atoms with van der Waals surface area (Å²) in [5.74, 6) is -1.07. The van der Waals surface area contributed by atoms with Gasteiger partial charge in [0.05, 0.1) is 23.2 Å². The Balaban J connectivity index is 3.08. The molecule has 0 unspecified atom stereocenters. The molecule has 0 atom stereocenters. The van der Waals surface area contributed by atoms with Gasteiger partial charge in [0.2, 0.25) is 0 Å². The van der Waals surface area contributed by atoms with E-state index in [0.717, 1.165) is 0 Å². The van der Waals surface area contributed by atoms with Crippen LogP contribution in [0.25, 0.3) is 0 Å². The Bertz CT molecular complexity index is 440. The summed E-state index contributed by atoms with van der Waals surface area (Å²) in [6.45, 7) is 0.469. The molecule has 4 nitrogen and oxygen atoms in total. The molecule has 0 aliphatic heterocycles. The van der Waals surface area contributed by atoms with Gasteiger partial charge in [0.1, 0.15) is 5.56 Å². The second kappa shape index (κ2) is 5.38. The minimum atomic E-state index is -1.07. The largest absolute Gasteiger partial charge is 0.478 e. The molecule has 0 bridgehead atoms. The second-order valence-corrected chi connectivity index (χ2v) is 3.68. The Labute approximate surface area is 98.7 Å². The summed E-state index contributed by atoms with van der Waals surface area (Å²) >= 11 is 5.83. The number of carboxylic acid groups (broad SMARTS) is 1.